The molecule has 1 aromatic heterocycles. The predicted molar refractivity (Wildman–Crippen MR) is 89.8 cm³/mol. The Hall–Kier alpha value is -2.65. The molecule has 0 aliphatic carbocycles. The van der Waals surface area contributed by atoms with Gasteiger partial charge in [0.25, 0.3) is 0 Å². The number of nitriles is 1. The fourth-order valence-electron chi connectivity index (χ4n) is 2.80. The van der Waals surface area contributed by atoms with Crippen molar-refractivity contribution in [2.45, 2.75) is 25.6 Å². The van der Waals surface area contributed by atoms with Crippen molar-refractivity contribution in [3.05, 3.63) is 48.3 Å². The van der Waals surface area contributed by atoms with Gasteiger partial charge in [-0.3, -0.25) is 0 Å². The molecule has 2 aromatic rings. The molecule has 0 amide bonds. The van der Waals surface area contributed by atoms with E-state index in [1.807, 2.05) is 49.1 Å². The molecule has 0 bridgehead atoms. The van der Waals surface area contributed by atoms with Crippen LogP contribution < -0.4 is 9.64 Å². The van der Waals surface area contributed by atoms with Crippen molar-refractivity contribution < 1.29 is 9.47 Å². The third-order valence-electron chi connectivity index (χ3n) is 3.70. The summed E-state index contributed by atoms with van der Waals surface area (Å²) in [5.74, 6) is 1.37. The van der Waals surface area contributed by atoms with E-state index in [1.165, 1.54) is 0 Å². The van der Waals surface area contributed by atoms with E-state index >= 15 is 0 Å². The van der Waals surface area contributed by atoms with Crippen molar-refractivity contribution in [2.24, 2.45) is 0 Å². The van der Waals surface area contributed by atoms with Gasteiger partial charge < -0.3 is 14.4 Å². The van der Waals surface area contributed by atoms with Gasteiger partial charge in [-0.25, -0.2) is 9.97 Å². The number of anilines is 1. The number of hydrogen-bond donors (Lipinski definition) is 0. The number of ether oxygens (including phenoxy) is 2. The van der Waals surface area contributed by atoms with Crippen LogP contribution in [0.25, 0.3) is 0 Å². The summed E-state index contributed by atoms with van der Waals surface area (Å²) >= 11 is 0. The van der Waals surface area contributed by atoms with Gasteiger partial charge in [0.15, 0.2) is 0 Å². The number of hydrogen-bond acceptors (Lipinski definition) is 6. The van der Waals surface area contributed by atoms with E-state index in [1.54, 1.807) is 12.3 Å². The molecule has 1 fully saturated rings. The Morgan fingerprint density at radius 2 is 2.12 bits per heavy atom. The molecular weight excluding hydrogens is 304 g/mol. The van der Waals surface area contributed by atoms with Crippen LogP contribution in [0.4, 0.5) is 5.95 Å². The van der Waals surface area contributed by atoms with Gasteiger partial charge in [0.05, 0.1) is 12.1 Å². The molecule has 124 valence electrons. The minimum absolute atomic E-state index is 0.108. The Kier molecular flexibility index (Phi) is 4.63. The van der Waals surface area contributed by atoms with Crippen molar-refractivity contribution in [2.75, 3.05) is 24.6 Å². The van der Waals surface area contributed by atoms with Gasteiger partial charge in [-0.05, 0) is 32.0 Å². The van der Waals surface area contributed by atoms with Crippen molar-refractivity contribution in [3.63, 3.8) is 0 Å². The average molecular weight is 324 g/mol. The van der Waals surface area contributed by atoms with Crippen molar-refractivity contribution >= 4 is 5.95 Å². The lowest BCUT2D eigenvalue weighted by atomic mass is 10.1. The van der Waals surface area contributed by atoms with Crippen LogP contribution >= 0.6 is 0 Å². The number of morpholine rings is 1. The number of nitrogens with zero attached hydrogens (tertiary/aromatic N) is 4. The molecule has 2 heterocycles. The monoisotopic (exact) mass is 324 g/mol. The van der Waals surface area contributed by atoms with Crippen LogP contribution in [0.5, 0.6) is 5.75 Å². The highest BCUT2D eigenvalue weighted by Crippen LogP contribution is 2.24. The summed E-state index contributed by atoms with van der Waals surface area (Å²) < 4.78 is 11.9. The maximum absolute atomic E-state index is 9.02. The Labute approximate surface area is 141 Å². The summed E-state index contributed by atoms with van der Waals surface area (Å²) in [6.07, 6.45) is 1.50. The molecule has 0 saturated carbocycles. The Balaban J connectivity index is 1.71. The first-order chi connectivity index (χ1) is 11.6. The Morgan fingerprint density at radius 3 is 2.88 bits per heavy atom. The Morgan fingerprint density at radius 1 is 1.33 bits per heavy atom. The van der Waals surface area contributed by atoms with Crippen LogP contribution in [0.3, 0.4) is 0 Å². The van der Waals surface area contributed by atoms with E-state index in [-0.39, 0.29) is 11.7 Å². The van der Waals surface area contributed by atoms with E-state index in [0.29, 0.717) is 31.3 Å². The maximum Gasteiger partial charge on any atom is 0.226 e. The average Bonchev–Trinajstić information content (AvgIpc) is 2.59. The lowest BCUT2D eigenvalue weighted by Crippen LogP contribution is -2.55. The van der Waals surface area contributed by atoms with E-state index < -0.39 is 0 Å². The lowest BCUT2D eigenvalue weighted by Gasteiger charge is -2.42. The maximum atomic E-state index is 9.02. The number of para-hydroxylation sites is 1. The molecule has 0 spiro atoms. The van der Waals surface area contributed by atoms with Crippen LogP contribution in [-0.2, 0) is 4.74 Å². The zero-order valence-corrected chi connectivity index (χ0v) is 13.8. The first-order valence-corrected chi connectivity index (χ1v) is 7.89. The van der Waals surface area contributed by atoms with Gasteiger partial charge in [0.2, 0.25) is 5.95 Å². The molecule has 0 radical (unpaired) electrons. The van der Waals surface area contributed by atoms with Crippen molar-refractivity contribution in [1.82, 2.24) is 9.97 Å². The van der Waals surface area contributed by atoms with Crippen LogP contribution in [0.1, 0.15) is 19.5 Å². The van der Waals surface area contributed by atoms with Gasteiger partial charge in [0, 0.05) is 12.7 Å². The minimum atomic E-state index is -0.352. The van der Waals surface area contributed by atoms with Crippen molar-refractivity contribution in [3.8, 4) is 11.8 Å². The summed E-state index contributed by atoms with van der Waals surface area (Å²) in [6.45, 7) is 5.78. The van der Waals surface area contributed by atoms with E-state index in [9.17, 15) is 0 Å². The molecule has 1 atom stereocenters. The second kappa shape index (κ2) is 6.85. The van der Waals surface area contributed by atoms with Crippen molar-refractivity contribution in [1.29, 1.82) is 5.26 Å². The summed E-state index contributed by atoms with van der Waals surface area (Å²) in [5, 5.41) is 9.02. The summed E-state index contributed by atoms with van der Waals surface area (Å²) in [4.78, 5) is 10.6. The molecular formula is C18H20N4O2. The zero-order valence-electron chi connectivity index (χ0n) is 13.8. The molecule has 1 unspecified atom stereocenters. The van der Waals surface area contributed by atoms with E-state index in [2.05, 4.69) is 16.0 Å². The molecule has 6 heteroatoms. The predicted octanol–water partition coefficient (Wildman–Crippen LogP) is 2.41. The molecule has 24 heavy (non-hydrogen) atoms. The van der Waals surface area contributed by atoms with Crippen LogP contribution in [0.2, 0.25) is 0 Å². The molecule has 6 nitrogen and oxygen atoms in total. The topological polar surface area (TPSA) is 71.3 Å². The second-order valence-electron chi connectivity index (χ2n) is 6.36. The molecule has 3 rings (SSSR count). The third-order valence-corrected chi connectivity index (χ3v) is 3.70. The molecule has 1 aliphatic rings. The van der Waals surface area contributed by atoms with Gasteiger partial charge in [-0.15, -0.1) is 0 Å². The molecule has 0 N–H and O–H groups in total. The van der Waals surface area contributed by atoms with E-state index in [4.69, 9.17) is 14.7 Å². The zero-order chi connectivity index (χ0) is 17.0. The van der Waals surface area contributed by atoms with E-state index in [0.717, 1.165) is 5.75 Å². The fraction of sp³-hybridized carbons (Fsp3) is 0.389. The first-order valence-electron chi connectivity index (χ1n) is 7.89. The molecule has 1 aliphatic heterocycles. The number of aromatic nitrogens is 2. The highest BCUT2D eigenvalue weighted by atomic mass is 16.5. The fourth-order valence-corrected chi connectivity index (χ4v) is 2.80. The lowest BCUT2D eigenvalue weighted by molar-refractivity contribution is -0.0973. The van der Waals surface area contributed by atoms with Gasteiger partial charge >= 0.3 is 0 Å². The smallest absolute Gasteiger partial charge is 0.226 e. The van der Waals surface area contributed by atoms with Crippen LogP contribution in [0.15, 0.2) is 42.6 Å². The largest absolute Gasteiger partial charge is 0.491 e. The third kappa shape index (κ3) is 4.00. The minimum Gasteiger partial charge on any atom is -0.491 e. The molecule has 1 aromatic carbocycles. The summed E-state index contributed by atoms with van der Waals surface area (Å²) in [6, 6.07) is 13.3. The van der Waals surface area contributed by atoms with Gasteiger partial charge in [-0.1, -0.05) is 18.2 Å². The van der Waals surface area contributed by atoms with Crippen LogP contribution in [0, 0.1) is 11.3 Å². The molecule has 1 saturated heterocycles. The second-order valence-corrected chi connectivity index (χ2v) is 6.36. The number of benzene rings is 1. The summed E-state index contributed by atoms with van der Waals surface area (Å²) in [5.41, 5.74) is 0.0102. The highest BCUT2D eigenvalue weighted by Gasteiger charge is 2.35. The van der Waals surface area contributed by atoms with Gasteiger partial charge in [0.1, 0.15) is 30.2 Å². The first kappa shape index (κ1) is 16.2. The SMILES string of the molecule is CC1(C)CN(c2nccc(C#N)n2)CC(COc2ccccc2)O1. The quantitative estimate of drug-likeness (QED) is 0.860. The van der Waals surface area contributed by atoms with Gasteiger partial charge in [-0.2, -0.15) is 5.26 Å². The highest BCUT2D eigenvalue weighted by molar-refractivity contribution is 5.35. The Bertz CT molecular complexity index is 727. The standard InChI is InChI=1S/C18H20N4O2/c1-18(2)13-22(17-20-9-8-14(10-19)21-17)11-16(24-18)12-23-15-6-4-3-5-7-15/h3-9,16H,11-13H2,1-2H3. The number of rotatable bonds is 4. The summed E-state index contributed by atoms with van der Waals surface area (Å²) in [7, 11) is 0. The normalized spacial score (nSPS) is 19.5. The van der Waals surface area contributed by atoms with Crippen LogP contribution in [-0.4, -0.2) is 41.4 Å².